The van der Waals surface area contributed by atoms with Gasteiger partial charge in [-0.05, 0) is 48.9 Å². The second-order valence-corrected chi connectivity index (χ2v) is 9.25. The predicted molar refractivity (Wildman–Crippen MR) is 106 cm³/mol. The van der Waals surface area contributed by atoms with Gasteiger partial charge in [-0.2, -0.15) is 0 Å². The lowest BCUT2D eigenvalue weighted by Gasteiger charge is -2.16. The number of methoxy groups -OCH3 is 1. The van der Waals surface area contributed by atoms with Crippen molar-refractivity contribution in [1.29, 1.82) is 0 Å². The van der Waals surface area contributed by atoms with Crippen LogP contribution in [0.25, 0.3) is 0 Å². The van der Waals surface area contributed by atoms with Crippen LogP contribution in [-0.4, -0.2) is 40.5 Å². The van der Waals surface area contributed by atoms with E-state index in [2.05, 4.69) is 0 Å². The molecular weight excluding hydrogens is 386 g/mol. The second-order valence-electron chi connectivity index (χ2n) is 6.74. The molecule has 0 aliphatic heterocycles. The van der Waals surface area contributed by atoms with Crippen molar-refractivity contribution in [3.63, 3.8) is 0 Å². The molecule has 1 saturated carbocycles. The van der Waals surface area contributed by atoms with Gasteiger partial charge in [0.05, 0.1) is 23.9 Å². The van der Waals surface area contributed by atoms with Crippen LogP contribution in [0.3, 0.4) is 0 Å². The smallest absolute Gasteiger partial charge is 0.182 e. The van der Waals surface area contributed by atoms with Gasteiger partial charge in [-0.1, -0.05) is 23.7 Å². The number of nitrogens with two attached hydrogens (primary N) is 1. The molecule has 0 spiro atoms. The SMILES string of the molecule is CCOC[C@@]1(CN)[C@H](S(=O)(=O)c2ccc(Cl)cc2)[C@@H]1c1ccc(OC)cc1. The maximum atomic E-state index is 13.4. The summed E-state index contributed by atoms with van der Waals surface area (Å²) in [5.74, 6) is 0.486. The zero-order valence-corrected chi connectivity index (χ0v) is 17.0. The van der Waals surface area contributed by atoms with E-state index in [0.717, 1.165) is 11.3 Å². The molecule has 0 saturated heterocycles. The van der Waals surface area contributed by atoms with E-state index in [9.17, 15) is 8.42 Å². The number of hydrogen-bond acceptors (Lipinski definition) is 5. The fourth-order valence-corrected chi connectivity index (χ4v) is 6.37. The molecule has 2 aromatic rings. The minimum Gasteiger partial charge on any atom is -0.497 e. The Bertz CT molecular complexity index is 883. The Morgan fingerprint density at radius 1 is 1.11 bits per heavy atom. The van der Waals surface area contributed by atoms with E-state index in [4.69, 9.17) is 26.8 Å². The van der Waals surface area contributed by atoms with Crippen LogP contribution >= 0.6 is 11.6 Å². The first-order chi connectivity index (χ1) is 12.9. The number of hydrogen-bond donors (Lipinski definition) is 1. The highest BCUT2D eigenvalue weighted by molar-refractivity contribution is 7.92. The normalized spacial score (nSPS) is 24.6. The molecule has 0 aromatic heterocycles. The second kappa shape index (κ2) is 7.80. The average Bonchev–Trinajstić information content (AvgIpc) is 3.37. The molecule has 1 aliphatic carbocycles. The third-order valence-electron chi connectivity index (χ3n) is 5.29. The predicted octanol–water partition coefficient (Wildman–Crippen LogP) is 3.27. The molecule has 0 heterocycles. The van der Waals surface area contributed by atoms with Crippen LogP contribution in [0.2, 0.25) is 5.02 Å². The largest absolute Gasteiger partial charge is 0.497 e. The van der Waals surface area contributed by atoms with E-state index >= 15 is 0 Å². The van der Waals surface area contributed by atoms with Crippen LogP contribution in [0.4, 0.5) is 0 Å². The summed E-state index contributed by atoms with van der Waals surface area (Å²) in [7, 11) is -2.00. The molecule has 0 bridgehead atoms. The average molecular weight is 410 g/mol. The van der Waals surface area contributed by atoms with E-state index in [0.29, 0.717) is 18.2 Å². The molecule has 3 rings (SSSR count). The van der Waals surface area contributed by atoms with Crippen LogP contribution in [0.5, 0.6) is 5.75 Å². The first-order valence-corrected chi connectivity index (χ1v) is 10.7. The van der Waals surface area contributed by atoms with Crippen LogP contribution < -0.4 is 10.5 Å². The summed E-state index contributed by atoms with van der Waals surface area (Å²) in [6, 6.07) is 13.7. The van der Waals surface area contributed by atoms with Gasteiger partial charge in [-0.25, -0.2) is 8.42 Å². The lowest BCUT2D eigenvalue weighted by molar-refractivity contribution is 0.101. The molecule has 0 radical (unpaired) electrons. The summed E-state index contributed by atoms with van der Waals surface area (Å²) in [5.41, 5.74) is 6.36. The fourth-order valence-electron chi connectivity index (χ4n) is 3.80. The van der Waals surface area contributed by atoms with Gasteiger partial charge >= 0.3 is 0 Å². The minimum absolute atomic E-state index is 0.223. The topological polar surface area (TPSA) is 78.6 Å². The van der Waals surface area contributed by atoms with E-state index in [1.165, 1.54) is 0 Å². The highest BCUT2D eigenvalue weighted by atomic mass is 35.5. The van der Waals surface area contributed by atoms with Gasteiger partial charge in [-0.3, -0.25) is 0 Å². The lowest BCUT2D eigenvalue weighted by Crippen LogP contribution is -2.29. The molecule has 7 heteroatoms. The van der Waals surface area contributed by atoms with E-state index in [1.54, 1.807) is 31.4 Å². The number of rotatable bonds is 8. The van der Waals surface area contributed by atoms with Crippen LogP contribution in [0.1, 0.15) is 18.4 Å². The van der Waals surface area contributed by atoms with Gasteiger partial charge in [-0.15, -0.1) is 0 Å². The zero-order chi connectivity index (χ0) is 19.7. The first kappa shape index (κ1) is 20.1. The quantitative estimate of drug-likeness (QED) is 0.723. The maximum Gasteiger partial charge on any atom is 0.182 e. The lowest BCUT2D eigenvalue weighted by atomic mass is 10.00. The number of sulfone groups is 1. The highest BCUT2D eigenvalue weighted by Gasteiger charge is 2.70. The van der Waals surface area contributed by atoms with Crippen molar-refractivity contribution in [3.05, 3.63) is 59.1 Å². The van der Waals surface area contributed by atoms with E-state index < -0.39 is 20.5 Å². The summed E-state index contributed by atoms with van der Waals surface area (Å²) in [5, 5.41) is -0.146. The fraction of sp³-hybridized carbons (Fsp3) is 0.400. The molecule has 27 heavy (non-hydrogen) atoms. The van der Waals surface area contributed by atoms with Crippen molar-refractivity contribution in [3.8, 4) is 5.75 Å². The van der Waals surface area contributed by atoms with Gasteiger partial charge < -0.3 is 15.2 Å². The number of ether oxygens (including phenoxy) is 2. The third-order valence-corrected chi connectivity index (χ3v) is 7.88. The molecule has 2 aromatic carbocycles. The van der Waals surface area contributed by atoms with Gasteiger partial charge in [0.2, 0.25) is 0 Å². The number of halogens is 1. The molecule has 146 valence electrons. The van der Waals surface area contributed by atoms with Gasteiger partial charge in [0.1, 0.15) is 5.75 Å². The van der Waals surface area contributed by atoms with Crippen LogP contribution in [0.15, 0.2) is 53.4 Å². The summed E-state index contributed by atoms with van der Waals surface area (Å²) in [4.78, 5) is 0.252. The summed E-state index contributed by atoms with van der Waals surface area (Å²) in [6.07, 6.45) is 0. The third kappa shape index (κ3) is 3.59. The molecule has 0 unspecified atom stereocenters. The molecule has 0 amide bonds. The van der Waals surface area contributed by atoms with Crippen LogP contribution in [-0.2, 0) is 14.6 Å². The molecule has 2 N–H and O–H groups in total. The maximum absolute atomic E-state index is 13.4. The Labute approximate surface area is 165 Å². The summed E-state index contributed by atoms with van der Waals surface area (Å²) < 4.78 is 37.6. The molecule has 1 fully saturated rings. The van der Waals surface area contributed by atoms with Gasteiger partial charge in [0.15, 0.2) is 9.84 Å². The van der Waals surface area contributed by atoms with E-state index in [1.807, 2.05) is 31.2 Å². The van der Waals surface area contributed by atoms with Crippen molar-refractivity contribution in [2.45, 2.75) is 23.0 Å². The van der Waals surface area contributed by atoms with Crippen LogP contribution in [0, 0.1) is 5.41 Å². The van der Waals surface area contributed by atoms with Crippen molar-refractivity contribution in [2.75, 3.05) is 26.9 Å². The Morgan fingerprint density at radius 3 is 2.26 bits per heavy atom. The van der Waals surface area contributed by atoms with Crippen molar-refractivity contribution in [1.82, 2.24) is 0 Å². The highest BCUT2D eigenvalue weighted by Crippen LogP contribution is 2.63. The van der Waals surface area contributed by atoms with Crippen molar-refractivity contribution >= 4 is 21.4 Å². The molecular formula is C20H24ClNO4S. The summed E-state index contributed by atoms with van der Waals surface area (Å²) in [6.45, 7) is 2.91. The standard InChI is InChI=1S/C20H24ClNO4S/c1-3-26-13-20(12-22)18(14-4-8-16(25-2)9-5-14)19(20)27(23,24)17-10-6-15(21)7-11-17/h4-11,18-19H,3,12-13,22H2,1-2H3/t18-,19+,20+/m0/s1. The van der Waals surface area contributed by atoms with Gasteiger partial charge in [0, 0.05) is 29.5 Å². The first-order valence-electron chi connectivity index (χ1n) is 8.82. The Hall–Kier alpha value is -1.60. The zero-order valence-electron chi connectivity index (χ0n) is 15.4. The van der Waals surface area contributed by atoms with E-state index in [-0.39, 0.29) is 17.4 Å². The Morgan fingerprint density at radius 2 is 1.74 bits per heavy atom. The number of benzene rings is 2. The summed E-state index contributed by atoms with van der Waals surface area (Å²) >= 11 is 5.92. The molecule has 1 aliphatic rings. The van der Waals surface area contributed by atoms with Crippen molar-refractivity contribution in [2.24, 2.45) is 11.1 Å². The Kier molecular flexibility index (Phi) is 5.82. The van der Waals surface area contributed by atoms with Gasteiger partial charge in [0.25, 0.3) is 0 Å². The Balaban J connectivity index is 2.02. The molecule has 5 nitrogen and oxygen atoms in total. The molecule has 3 atom stereocenters. The monoisotopic (exact) mass is 409 g/mol. The van der Waals surface area contributed by atoms with Crippen molar-refractivity contribution < 1.29 is 17.9 Å². The minimum atomic E-state index is -3.60.